The molecule has 0 fully saturated rings. The minimum atomic E-state index is -0.123. The highest BCUT2D eigenvalue weighted by Crippen LogP contribution is 2.50. The van der Waals surface area contributed by atoms with Crippen molar-refractivity contribution in [1.29, 1.82) is 0 Å². The maximum atomic E-state index is 11.2. The van der Waals surface area contributed by atoms with Crippen molar-refractivity contribution in [1.82, 2.24) is 24.1 Å². The number of hydrogen-bond acceptors (Lipinski definition) is 3. The minimum Gasteiger partial charge on any atom is -0.503 e. The van der Waals surface area contributed by atoms with E-state index in [9.17, 15) is 10.2 Å². The highest BCUT2D eigenvalue weighted by molar-refractivity contribution is 6.06. The van der Waals surface area contributed by atoms with Crippen molar-refractivity contribution in [2.75, 3.05) is 0 Å². The number of rotatable bonds is 6. The number of benzene rings is 2. The van der Waals surface area contributed by atoms with Crippen LogP contribution in [0.3, 0.4) is 0 Å². The van der Waals surface area contributed by atoms with E-state index in [2.05, 4.69) is 40.1 Å². The zero-order valence-electron chi connectivity index (χ0n) is 18.8. The van der Waals surface area contributed by atoms with Crippen molar-refractivity contribution >= 4 is 21.8 Å². The topological polar surface area (TPSA) is 94.8 Å². The van der Waals surface area contributed by atoms with Crippen molar-refractivity contribution < 1.29 is 10.2 Å². The van der Waals surface area contributed by atoms with Crippen LogP contribution in [0.25, 0.3) is 44.2 Å². The molecule has 0 aliphatic rings. The molecule has 0 spiro atoms. The van der Waals surface area contributed by atoms with Crippen molar-refractivity contribution in [2.24, 2.45) is 0 Å². The fourth-order valence-corrected chi connectivity index (χ4v) is 4.89. The summed E-state index contributed by atoms with van der Waals surface area (Å²) in [5, 5.41) is 24.4. The molecule has 4 heterocycles. The number of H-pyrrole nitrogens is 2. The summed E-state index contributed by atoms with van der Waals surface area (Å²) in [7, 11) is 0. The Morgan fingerprint density at radius 1 is 0.912 bits per heavy atom. The summed E-state index contributed by atoms with van der Waals surface area (Å²) in [5.74, 6) is -0.230. The van der Waals surface area contributed by atoms with Crippen LogP contribution in [0, 0.1) is 6.92 Å². The van der Waals surface area contributed by atoms with E-state index >= 15 is 0 Å². The molecule has 0 atom stereocenters. The monoisotopic (exact) mass is 451 g/mol. The fourth-order valence-electron chi connectivity index (χ4n) is 4.89. The van der Waals surface area contributed by atoms with Gasteiger partial charge in [-0.15, -0.1) is 0 Å². The Labute approximate surface area is 195 Å². The van der Waals surface area contributed by atoms with Gasteiger partial charge >= 0.3 is 0 Å². The third kappa shape index (κ3) is 3.16. The molecule has 0 saturated carbocycles. The second-order valence-electron chi connectivity index (χ2n) is 8.70. The molecule has 0 unspecified atom stereocenters. The second kappa shape index (κ2) is 7.88. The quantitative estimate of drug-likeness (QED) is 0.258. The molecule has 0 amide bonds. The number of aromatic nitrogens is 5. The van der Waals surface area contributed by atoms with Gasteiger partial charge in [0.2, 0.25) is 5.88 Å². The third-order valence-corrected chi connectivity index (χ3v) is 6.52. The highest BCUT2D eigenvalue weighted by Gasteiger charge is 2.27. The van der Waals surface area contributed by atoms with E-state index in [4.69, 9.17) is 0 Å². The van der Waals surface area contributed by atoms with E-state index in [0.717, 1.165) is 51.6 Å². The van der Waals surface area contributed by atoms with Gasteiger partial charge in [0.1, 0.15) is 0 Å². The van der Waals surface area contributed by atoms with E-state index in [1.807, 2.05) is 52.0 Å². The molecule has 4 N–H and O–H groups in total. The standard InChI is InChI=1S/C27H25N5O2/c1-17-7-8-19-21(15-30-23(19)13-17)25-24(20-14-29-22-6-3-2-5-18(20)22)26(33)27(34)32(25)11-4-10-31-12-9-28-16-31/h2-3,5-9,12-16,29-30,33-34H,4,10-11H2,1H3. The number of fused-ring (bicyclic) bond motifs is 2. The molecule has 6 rings (SSSR count). The molecule has 4 aromatic heterocycles. The number of para-hydroxylation sites is 1. The Hall–Kier alpha value is -4.39. The van der Waals surface area contributed by atoms with E-state index in [0.29, 0.717) is 12.1 Å². The van der Waals surface area contributed by atoms with Crippen molar-refractivity contribution in [3.05, 3.63) is 79.1 Å². The van der Waals surface area contributed by atoms with Crippen LogP contribution in [0.15, 0.2) is 73.6 Å². The first-order valence-corrected chi connectivity index (χ1v) is 11.4. The summed E-state index contributed by atoms with van der Waals surface area (Å²) in [6, 6.07) is 14.3. The molecular weight excluding hydrogens is 426 g/mol. The van der Waals surface area contributed by atoms with Gasteiger partial charge in [-0.1, -0.05) is 30.3 Å². The first-order chi connectivity index (χ1) is 16.6. The van der Waals surface area contributed by atoms with Gasteiger partial charge in [-0.25, -0.2) is 4.98 Å². The Morgan fingerprint density at radius 2 is 1.71 bits per heavy atom. The van der Waals surface area contributed by atoms with E-state index < -0.39 is 0 Å². The Bertz CT molecular complexity index is 1620. The lowest BCUT2D eigenvalue weighted by Gasteiger charge is -2.12. The summed E-state index contributed by atoms with van der Waals surface area (Å²) < 4.78 is 3.83. The first kappa shape index (κ1) is 20.2. The molecule has 0 saturated heterocycles. The average molecular weight is 452 g/mol. The van der Waals surface area contributed by atoms with Crippen LogP contribution < -0.4 is 0 Å². The predicted octanol–water partition coefficient (Wildman–Crippen LogP) is 5.79. The van der Waals surface area contributed by atoms with Gasteiger partial charge in [-0.3, -0.25) is 0 Å². The van der Waals surface area contributed by atoms with Crippen molar-refractivity contribution in [2.45, 2.75) is 26.4 Å². The van der Waals surface area contributed by atoms with Gasteiger partial charge in [0.15, 0.2) is 5.75 Å². The summed E-state index contributed by atoms with van der Waals surface area (Å²) in [4.78, 5) is 10.8. The molecule has 7 nitrogen and oxygen atoms in total. The molecule has 170 valence electrons. The SMILES string of the molecule is Cc1ccc2c(-c3c(-c4c[nH]c5ccccc45)c(O)c(O)n3CCCn3ccnc3)c[nH]c2c1. The second-order valence-corrected chi connectivity index (χ2v) is 8.70. The third-order valence-electron chi connectivity index (χ3n) is 6.52. The van der Waals surface area contributed by atoms with E-state index in [1.165, 1.54) is 5.56 Å². The molecule has 0 bridgehead atoms. The Balaban J connectivity index is 1.56. The average Bonchev–Trinajstić information content (AvgIpc) is 3.62. The largest absolute Gasteiger partial charge is 0.503 e. The fraction of sp³-hybridized carbons (Fsp3) is 0.148. The highest BCUT2D eigenvalue weighted by atomic mass is 16.3. The van der Waals surface area contributed by atoms with E-state index in [1.54, 1.807) is 12.5 Å². The van der Waals surface area contributed by atoms with Gasteiger partial charge in [0, 0.05) is 70.8 Å². The van der Waals surface area contributed by atoms with Crippen LogP contribution in [-0.4, -0.2) is 34.3 Å². The lowest BCUT2D eigenvalue weighted by atomic mass is 9.99. The number of nitrogens with zero attached hydrogens (tertiary/aromatic N) is 3. The molecule has 6 aromatic rings. The Morgan fingerprint density at radius 3 is 2.56 bits per heavy atom. The van der Waals surface area contributed by atoms with Crippen LogP contribution in [-0.2, 0) is 13.1 Å². The van der Waals surface area contributed by atoms with E-state index in [-0.39, 0.29) is 11.6 Å². The number of nitrogens with one attached hydrogen (secondary N) is 2. The lowest BCUT2D eigenvalue weighted by molar-refractivity contribution is 0.369. The van der Waals surface area contributed by atoms with Crippen molar-refractivity contribution in [3.63, 3.8) is 0 Å². The van der Waals surface area contributed by atoms with Crippen LogP contribution in [0.2, 0.25) is 0 Å². The molecule has 7 heteroatoms. The van der Waals surface area contributed by atoms with Gasteiger partial charge in [0.25, 0.3) is 0 Å². The Kier molecular flexibility index (Phi) is 4.69. The molecule has 34 heavy (non-hydrogen) atoms. The number of aromatic hydroxyl groups is 2. The number of aryl methyl sites for hydroxylation is 2. The van der Waals surface area contributed by atoms with Gasteiger partial charge in [-0.2, -0.15) is 0 Å². The maximum absolute atomic E-state index is 11.2. The van der Waals surface area contributed by atoms with Crippen LogP contribution in [0.5, 0.6) is 11.6 Å². The van der Waals surface area contributed by atoms with Crippen LogP contribution in [0.1, 0.15) is 12.0 Å². The smallest absolute Gasteiger partial charge is 0.235 e. The predicted molar refractivity (Wildman–Crippen MR) is 134 cm³/mol. The first-order valence-electron chi connectivity index (χ1n) is 11.4. The molecule has 0 radical (unpaired) electrons. The van der Waals surface area contributed by atoms with Gasteiger partial charge < -0.3 is 29.3 Å². The molecule has 0 aliphatic heterocycles. The van der Waals surface area contributed by atoms with Crippen LogP contribution >= 0.6 is 0 Å². The summed E-state index contributed by atoms with van der Waals surface area (Å²) >= 11 is 0. The molecule has 2 aromatic carbocycles. The molecule has 0 aliphatic carbocycles. The number of aromatic amines is 2. The number of hydrogen-bond donors (Lipinski definition) is 4. The summed E-state index contributed by atoms with van der Waals surface area (Å²) in [6.07, 6.45) is 10.1. The lowest BCUT2D eigenvalue weighted by Crippen LogP contribution is -2.04. The normalized spacial score (nSPS) is 11.7. The number of imidazole rings is 1. The summed E-state index contributed by atoms with van der Waals surface area (Å²) in [6.45, 7) is 3.36. The zero-order chi connectivity index (χ0) is 23.2. The zero-order valence-corrected chi connectivity index (χ0v) is 18.8. The summed E-state index contributed by atoms with van der Waals surface area (Å²) in [5.41, 5.74) is 6.37. The van der Waals surface area contributed by atoms with Crippen LogP contribution in [0.4, 0.5) is 0 Å². The molecular formula is C27H25N5O2. The van der Waals surface area contributed by atoms with Gasteiger partial charge in [-0.05, 0) is 31.0 Å². The maximum Gasteiger partial charge on any atom is 0.235 e. The van der Waals surface area contributed by atoms with Crippen molar-refractivity contribution in [3.8, 4) is 34.0 Å². The minimum absolute atomic E-state index is 0.108. The van der Waals surface area contributed by atoms with Gasteiger partial charge in [0.05, 0.1) is 17.6 Å².